The van der Waals surface area contributed by atoms with Crippen LogP contribution in [-0.2, 0) is 21.4 Å². The number of sulfonamides is 1. The fraction of sp³-hybridized carbons (Fsp3) is 0.263. The first-order valence-corrected chi connectivity index (χ1v) is 10.3. The van der Waals surface area contributed by atoms with Gasteiger partial charge in [0, 0.05) is 25.3 Å². The third kappa shape index (κ3) is 4.68. The van der Waals surface area contributed by atoms with Gasteiger partial charge in [0.1, 0.15) is 6.54 Å². The number of carbonyl (C=O) groups is 2. The molecule has 148 valence electrons. The normalized spacial score (nSPS) is 14.4. The van der Waals surface area contributed by atoms with Crippen LogP contribution in [0.25, 0.3) is 0 Å². The van der Waals surface area contributed by atoms with Gasteiger partial charge in [0.2, 0.25) is 15.9 Å². The molecule has 1 aliphatic heterocycles. The van der Waals surface area contributed by atoms with E-state index in [1.807, 2.05) is 31.2 Å². The highest BCUT2D eigenvalue weighted by atomic mass is 32.2. The number of anilines is 1. The molecule has 0 aromatic heterocycles. The van der Waals surface area contributed by atoms with E-state index in [2.05, 4.69) is 5.32 Å². The van der Waals surface area contributed by atoms with Crippen LogP contribution in [0, 0.1) is 6.92 Å². The van der Waals surface area contributed by atoms with Gasteiger partial charge < -0.3 is 10.2 Å². The number of nitrogens with zero attached hydrogens (tertiary/aromatic N) is 2. The standard InChI is InChI=1S/C19H22N4O4S/c1-14-2-6-16(7-3-14)23-11-10-22(19(23)25)13-18(24)21-12-15-4-8-17(9-5-15)28(20,26)27/h2-9H,10-13H2,1H3,(H,21,24)(H2,20,26,27). The third-order valence-electron chi connectivity index (χ3n) is 4.52. The van der Waals surface area contributed by atoms with Crippen molar-refractivity contribution in [2.24, 2.45) is 5.14 Å². The first kappa shape index (κ1) is 19.8. The molecular formula is C19H22N4O4S. The second-order valence-electron chi connectivity index (χ2n) is 6.66. The van der Waals surface area contributed by atoms with Gasteiger partial charge in [-0.15, -0.1) is 0 Å². The monoisotopic (exact) mass is 402 g/mol. The maximum atomic E-state index is 12.5. The summed E-state index contributed by atoms with van der Waals surface area (Å²) in [7, 11) is -3.74. The van der Waals surface area contributed by atoms with E-state index in [-0.39, 0.29) is 29.9 Å². The Labute approximate surface area is 164 Å². The molecule has 2 aromatic carbocycles. The van der Waals surface area contributed by atoms with Crippen molar-refractivity contribution in [3.05, 3.63) is 59.7 Å². The first-order chi connectivity index (χ1) is 13.2. The van der Waals surface area contributed by atoms with Crippen molar-refractivity contribution in [3.8, 4) is 0 Å². The lowest BCUT2D eigenvalue weighted by Gasteiger charge is -2.18. The Bertz CT molecular complexity index is 972. The summed E-state index contributed by atoms with van der Waals surface area (Å²) in [6, 6.07) is 13.4. The van der Waals surface area contributed by atoms with E-state index in [4.69, 9.17) is 5.14 Å². The lowest BCUT2D eigenvalue weighted by molar-refractivity contribution is -0.121. The molecule has 3 amide bonds. The molecule has 1 heterocycles. The van der Waals surface area contributed by atoms with Gasteiger partial charge in [0.05, 0.1) is 4.90 Å². The topological polar surface area (TPSA) is 113 Å². The average molecular weight is 402 g/mol. The smallest absolute Gasteiger partial charge is 0.325 e. The number of urea groups is 1. The third-order valence-corrected chi connectivity index (χ3v) is 5.45. The summed E-state index contributed by atoms with van der Waals surface area (Å²) >= 11 is 0. The number of hydrogen-bond acceptors (Lipinski definition) is 4. The van der Waals surface area contributed by atoms with Crippen LogP contribution in [0.15, 0.2) is 53.4 Å². The Balaban J connectivity index is 1.52. The zero-order chi connectivity index (χ0) is 20.3. The van der Waals surface area contributed by atoms with Crippen LogP contribution in [0.5, 0.6) is 0 Å². The summed E-state index contributed by atoms with van der Waals surface area (Å²) in [4.78, 5) is 27.9. The Kier molecular flexibility index (Phi) is 5.66. The summed E-state index contributed by atoms with van der Waals surface area (Å²) in [6.07, 6.45) is 0. The van der Waals surface area contributed by atoms with Crippen molar-refractivity contribution >= 4 is 27.6 Å². The minimum absolute atomic E-state index is 0.0152. The van der Waals surface area contributed by atoms with Gasteiger partial charge in [-0.05, 0) is 36.8 Å². The SMILES string of the molecule is Cc1ccc(N2CCN(CC(=O)NCc3ccc(S(N)(=O)=O)cc3)C2=O)cc1. The quantitative estimate of drug-likeness (QED) is 0.756. The van der Waals surface area contributed by atoms with E-state index in [9.17, 15) is 18.0 Å². The summed E-state index contributed by atoms with van der Waals surface area (Å²) in [5.74, 6) is -0.283. The van der Waals surface area contributed by atoms with Crippen LogP contribution >= 0.6 is 0 Å². The number of amides is 3. The van der Waals surface area contributed by atoms with Crippen molar-refractivity contribution in [1.82, 2.24) is 10.2 Å². The largest absolute Gasteiger partial charge is 0.350 e. The molecule has 0 aliphatic carbocycles. The first-order valence-electron chi connectivity index (χ1n) is 8.75. The van der Waals surface area contributed by atoms with Crippen LogP contribution in [-0.4, -0.2) is 44.9 Å². The molecule has 0 bridgehead atoms. The second-order valence-corrected chi connectivity index (χ2v) is 8.22. The zero-order valence-corrected chi connectivity index (χ0v) is 16.3. The Morgan fingerprint density at radius 2 is 1.71 bits per heavy atom. The number of aryl methyl sites for hydroxylation is 1. The molecule has 3 N–H and O–H groups in total. The maximum Gasteiger partial charge on any atom is 0.325 e. The maximum absolute atomic E-state index is 12.5. The fourth-order valence-corrected chi connectivity index (χ4v) is 3.44. The Morgan fingerprint density at radius 1 is 1.07 bits per heavy atom. The van der Waals surface area contributed by atoms with Crippen molar-refractivity contribution in [2.45, 2.75) is 18.4 Å². The highest BCUT2D eigenvalue weighted by Crippen LogP contribution is 2.20. The van der Waals surface area contributed by atoms with Gasteiger partial charge in [-0.25, -0.2) is 18.4 Å². The van der Waals surface area contributed by atoms with Crippen LogP contribution in [0.4, 0.5) is 10.5 Å². The molecule has 28 heavy (non-hydrogen) atoms. The summed E-state index contributed by atoms with van der Waals surface area (Å²) in [6.45, 7) is 3.19. The Morgan fingerprint density at radius 3 is 2.32 bits per heavy atom. The fourth-order valence-electron chi connectivity index (χ4n) is 2.92. The second kappa shape index (κ2) is 7.99. The molecule has 2 aromatic rings. The van der Waals surface area contributed by atoms with Crippen molar-refractivity contribution in [3.63, 3.8) is 0 Å². The average Bonchev–Trinajstić information content (AvgIpc) is 3.01. The molecule has 9 heteroatoms. The lowest BCUT2D eigenvalue weighted by Crippen LogP contribution is -2.39. The summed E-state index contributed by atoms with van der Waals surface area (Å²) in [5.41, 5.74) is 2.66. The van der Waals surface area contributed by atoms with Crippen LogP contribution in [0.2, 0.25) is 0 Å². The number of rotatable bonds is 6. The number of hydrogen-bond donors (Lipinski definition) is 2. The zero-order valence-electron chi connectivity index (χ0n) is 15.5. The molecule has 1 fully saturated rings. The van der Waals surface area contributed by atoms with Crippen molar-refractivity contribution in [2.75, 3.05) is 24.5 Å². The van der Waals surface area contributed by atoms with Crippen LogP contribution < -0.4 is 15.4 Å². The van der Waals surface area contributed by atoms with E-state index in [1.54, 1.807) is 17.0 Å². The van der Waals surface area contributed by atoms with Crippen LogP contribution in [0.1, 0.15) is 11.1 Å². The number of nitrogens with one attached hydrogen (secondary N) is 1. The van der Waals surface area contributed by atoms with Gasteiger partial charge in [-0.3, -0.25) is 9.69 Å². The van der Waals surface area contributed by atoms with E-state index >= 15 is 0 Å². The predicted octanol–water partition coefficient (Wildman–Crippen LogP) is 1.20. The summed E-state index contributed by atoms with van der Waals surface area (Å²) in [5, 5.41) is 7.79. The minimum atomic E-state index is -3.74. The van der Waals surface area contributed by atoms with E-state index in [0.29, 0.717) is 13.1 Å². The predicted molar refractivity (Wildman–Crippen MR) is 105 cm³/mol. The van der Waals surface area contributed by atoms with Gasteiger partial charge in [0.15, 0.2) is 0 Å². The minimum Gasteiger partial charge on any atom is -0.350 e. The van der Waals surface area contributed by atoms with Crippen molar-refractivity contribution in [1.29, 1.82) is 0 Å². The van der Waals surface area contributed by atoms with E-state index in [1.165, 1.54) is 17.0 Å². The molecule has 1 aliphatic rings. The van der Waals surface area contributed by atoms with Gasteiger partial charge >= 0.3 is 6.03 Å². The highest BCUT2D eigenvalue weighted by molar-refractivity contribution is 7.89. The highest BCUT2D eigenvalue weighted by Gasteiger charge is 2.30. The lowest BCUT2D eigenvalue weighted by atomic mass is 10.2. The van der Waals surface area contributed by atoms with Crippen molar-refractivity contribution < 1.29 is 18.0 Å². The number of primary sulfonamides is 1. The summed E-state index contributed by atoms with van der Waals surface area (Å²) < 4.78 is 22.5. The van der Waals surface area contributed by atoms with Crippen LogP contribution in [0.3, 0.4) is 0 Å². The van der Waals surface area contributed by atoms with Gasteiger partial charge in [0.25, 0.3) is 0 Å². The number of carbonyl (C=O) groups excluding carboxylic acids is 2. The van der Waals surface area contributed by atoms with Gasteiger partial charge in [-0.1, -0.05) is 29.8 Å². The molecule has 8 nitrogen and oxygen atoms in total. The number of benzene rings is 2. The van der Waals surface area contributed by atoms with E-state index < -0.39 is 10.0 Å². The molecule has 0 atom stereocenters. The molecule has 0 unspecified atom stereocenters. The Hall–Kier alpha value is -2.91. The molecule has 1 saturated heterocycles. The molecule has 0 spiro atoms. The molecular weight excluding hydrogens is 380 g/mol. The molecule has 3 rings (SSSR count). The molecule has 0 radical (unpaired) electrons. The molecule has 0 saturated carbocycles. The number of nitrogens with two attached hydrogens (primary N) is 1. The van der Waals surface area contributed by atoms with Gasteiger partial charge in [-0.2, -0.15) is 0 Å². The van der Waals surface area contributed by atoms with E-state index in [0.717, 1.165) is 16.8 Å².